The highest BCUT2D eigenvalue weighted by Crippen LogP contribution is 2.35. The predicted octanol–water partition coefficient (Wildman–Crippen LogP) is 5.82. The smallest absolute Gasteiger partial charge is 0.230 e. The number of hydrogen-bond donors (Lipinski definition) is 0. The highest BCUT2D eigenvalue weighted by molar-refractivity contribution is 7.17. The molecule has 0 saturated carbocycles. The summed E-state index contributed by atoms with van der Waals surface area (Å²) in [5.41, 5.74) is 2.21. The standard InChI is InChI=1S/C25H21F2NO3S/c1-13-8-9-15(22-24(30)25(3,4)31-28-22)11-16(13)21-10-14(2)23(32-21)20(29)12-17-18(26)6-5-7-19(17)27/h5-11H,12H2,1-4H3. The number of aryl methyl sites for hydroxylation is 2. The van der Waals surface area contributed by atoms with Crippen molar-refractivity contribution in [1.82, 2.24) is 0 Å². The number of Topliss-reactive ketones (excluding diaryl/α,β-unsaturated/α-hetero) is 2. The van der Waals surface area contributed by atoms with Crippen LogP contribution in [0.1, 0.15) is 45.8 Å². The first-order chi connectivity index (χ1) is 15.1. The van der Waals surface area contributed by atoms with Crippen molar-refractivity contribution in [3.8, 4) is 10.4 Å². The van der Waals surface area contributed by atoms with E-state index in [9.17, 15) is 18.4 Å². The molecule has 0 N–H and O–H groups in total. The second-order valence-electron chi connectivity index (χ2n) is 8.32. The Balaban J connectivity index is 1.67. The van der Waals surface area contributed by atoms with Crippen LogP contribution in [0.3, 0.4) is 0 Å². The van der Waals surface area contributed by atoms with Gasteiger partial charge >= 0.3 is 0 Å². The molecule has 0 amide bonds. The summed E-state index contributed by atoms with van der Waals surface area (Å²) in [4.78, 5) is 32.0. The maximum atomic E-state index is 14.0. The van der Waals surface area contributed by atoms with Gasteiger partial charge in [-0.2, -0.15) is 0 Å². The second kappa shape index (κ2) is 8.06. The molecule has 1 aromatic heterocycles. The Morgan fingerprint density at radius 2 is 1.75 bits per heavy atom. The minimum atomic E-state index is -0.999. The lowest BCUT2D eigenvalue weighted by atomic mass is 9.93. The Morgan fingerprint density at radius 1 is 1.06 bits per heavy atom. The highest BCUT2D eigenvalue weighted by Gasteiger charge is 2.40. The van der Waals surface area contributed by atoms with Gasteiger partial charge < -0.3 is 4.84 Å². The van der Waals surface area contributed by atoms with E-state index in [1.54, 1.807) is 20.8 Å². The zero-order chi connectivity index (χ0) is 23.2. The summed E-state index contributed by atoms with van der Waals surface area (Å²) in [7, 11) is 0. The van der Waals surface area contributed by atoms with Crippen LogP contribution in [0.25, 0.3) is 10.4 Å². The number of carbonyl (C=O) groups excluding carboxylic acids is 2. The number of ketones is 2. The molecular weight excluding hydrogens is 432 g/mol. The molecule has 0 bridgehead atoms. The van der Waals surface area contributed by atoms with Crippen molar-refractivity contribution < 1.29 is 23.2 Å². The van der Waals surface area contributed by atoms with E-state index in [2.05, 4.69) is 5.16 Å². The van der Waals surface area contributed by atoms with Gasteiger partial charge in [0, 0.05) is 22.4 Å². The van der Waals surface area contributed by atoms with Crippen LogP contribution in [0, 0.1) is 25.5 Å². The third kappa shape index (κ3) is 3.88. The molecule has 0 atom stereocenters. The molecule has 2 aromatic carbocycles. The molecule has 2 heterocycles. The Labute approximate surface area is 188 Å². The van der Waals surface area contributed by atoms with Crippen LogP contribution < -0.4 is 0 Å². The fraction of sp³-hybridized carbons (Fsp3) is 0.240. The summed E-state index contributed by atoms with van der Waals surface area (Å²) < 4.78 is 28.0. The number of benzene rings is 2. The van der Waals surface area contributed by atoms with Gasteiger partial charge in [-0.05, 0) is 68.7 Å². The van der Waals surface area contributed by atoms with Gasteiger partial charge in [-0.25, -0.2) is 8.78 Å². The molecule has 0 spiro atoms. The van der Waals surface area contributed by atoms with Gasteiger partial charge in [-0.1, -0.05) is 23.4 Å². The maximum Gasteiger partial charge on any atom is 0.230 e. The molecule has 7 heteroatoms. The van der Waals surface area contributed by atoms with E-state index < -0.39 is 17.2 Å². The van der Waals surface area contributed by atoms with Crippen LogP contribution in [0.2, 0.25) is 0 Å². The Hall–Kier alpha value is -3.19. The molecule has 0 aliphatic carbocycles. The minimum absolute atomic E-state index is 0.197. The zero-order valence-electron chi connectivity index (χ0n) is 18.1. The summed E-state index contributed by atoms with van der Waals surface area (Å²) in [6, 6.07) is 11.0. The number of nitrogens with zero attached hydrogens (tertiary/aromatic N) is 1. The average Bonchev–Trinajstić information content (AvgIpc) is 3.25. The van der Waals surface area contributed by atoms with Gasteiger partial charge in [0.25, 0.3) is 0 Å². The summed E-state index contributed by atoms with van der Waals surface area (Å²) in [6.07, 6.45) is -0.351. The van der Waals surface area contributed by atoms with E-state index in [1.807, 2.05) is 31.2 Å². The Kier molecular flexibility index (Phi) is 5.54. The van der Waals surface area contributed by atoms with Gasteiger partial charge in [0.15, 0.2) is 17.1 Å². The van der Waals surface area contributed by atoms with E-state index >= 15 is 0 Å². The first kappa shape index (κ1) is 22.0. The first-order valence-corrected chi connectivity index (χ1v) is 10.9. The molecule has 1 aliphatic rings. The number of thiophene rings is 1. The Bertz CT molecular complexity index is 1270. The summed E-state index contributed by atoms with van der Waals surface area (Å²) >= 11 is 1.27. The van der Waals surface area contributed by atoms with Crippen molar-refractivity contribution in [2.45, 2.75) is 39.7 Å². The minimum Gasteiger partial charge on any atom is -0.381 e. The lowest BCUT2D eigenvalue weighted by Gasteiger charge is -2.12. The highest BCUT2D eigenvalue weighted by atomic mass is 32.1. The summed E-state index contributed by atoms with van der Waals surface area (Å²) in [5, 5.41) is 3.96. The molecule has 4 rings (SSSR count). The van der Waals surface area contributed by atoms with Crippen LogP contribution in [0.5, 0.6) is 0 Å². The molecule has 0 radical (unpaired) electrons. The molecule has 3 aromatic rings. The summed E-state index contributed by atoms with van der Waals surface area (Å²) in [5.74, 6) is -2.01. The molecule has 32 heavy (non-hydrogen) atoms. The van der Waals surface area contributed by atoms with E-state index in [0.717, 1.165) is 33.7 Å². The molecule has 0 saturated heterocycles. The van der Waals surface area contributed by atoms with Crippen LogP contribution in [0.4, 0.5) is 8.78 Å². The van der Waals surface area contributed by atoms with Crippen molar-refractivity contribution in [1.29, 1.82) is 0 Å². The fourth-order valence-corrected chi connectivity index (χ4v) is 4.77. The molecule has 4 nitrogen and oxygen atoms in total. The quantitative estimate of drug-likeness (QED) is 0.458. The Morgan fingerprint density at radius 3 is 2.38 bits per heavy atom. The zero-order valence-corrected chi connectivity index (χ0v) is 18.9. The van der Waals surface area contributed by atoms with E-state index in [4.69, 9.17) is 4.84 Å². The fourth-order valence-electron chi connectivity index (χ4n) is 3.58. The molecule has 0 unspecified atom stereocenters. The van der Waals surface area contributed by atoms with Gasteiger partial charge in [0.05, 0.1) is 4.88 Å². The van der Waals surface area contributed by atoms with Crippen molar-refractivity contribution in [3.05, 3.63) is 81.2 Å². The number of halogens is 2. The number of oxime groups is 1. The van der Waals surface area contributed by atoms with E-state index in [0.29, 0.717) is 10.4 Å². The van der Waals surface area contributed by atoms with E-state index in [-0.39, 0.29) is 29.3 Å². The van der Waals surface area contributed by atoms with Gasteiger partial charge in [-0.15, -0.1) is 11.3 Å². The number of hydrogen-bond acceptors (Lipinski definition) is 5. The predicted molar refractivity (Wildman–Crippen MR) is 120 cm³/mol. The van der Waals surface area contributed by atoms with Crippen molar-refractivity contribution in [2.75, 3.05) is 0 Å². The van der Waals surface area contributed by atoms with Crippen LogP contribution >= 0.6 is 11.3 Å². The van der Waals surface area contributed by atoms with Gasteiger partial charge in [-0.3, -0.25) is 9.59 Å². The van der Waals surface area contributed by atoms with Gasteiger partial charge in [0.1, 0.15) is 11.6 Å². The van der Waals surface area contributed by atoms with Gasteiger partial charge in [0.2, 0.25) is 5.78 Å². The lowest BCUT2D eigenvalue weighted by Crippen LogP contribution is -2.33. The largest absolute Gasteiger partial charge is 0.381 e. The number of rotatable bonds is 5. The molecule has 164 valence electrons. The third-order valence-corrected chi connectivity index (χ3v) is 6.79. The third-order valence-electron chi connectivity index (χ3n) is 5.47. The average molecular weight is 454 g/mol. The van der Waals surface area contributed by atoms with Crippen molar-refractivity contribution in [2.24, 2.45) is 5.16 Å². The lowest BCUT2D eigenvalue weighted by molar-refractivity contribution is -0.128. The van der Waals surface area contributed by atoms with Crippen LogP contribution in [-0.2, 0) is 16.1 Å². The van der Waals surface area contributed by atoms with Crippen molar-refractivity contribution in [3.63, 3.8) is 0 Å². The topological polar surface area (TPSA) is 55.7 Å². The van der Waals surface area contributed by atoms with Crippen LogP contribution in [0.15, 0.2) is 47.6 Å². The second-order valence-corrected chi connectivity index (χ2v) is 9.38. The molecule has 1 aliphatic heterocycles. The molecule has 0 fully saturated rings. The molecular formula is C25H21F2NO3S. The SMILES string of the molecule is Cc1ccc(C2=NOC(C)(C)C2=O)cc1-c1cc(C)c(C(=O)Cc2c(F)cccc2F)s1. The number of carbonyl (C=O) groups is 2. The summed E-state index contributed by atoms with van der Waals surface area (Å²) in [6.45, 7) is 7.06. The van der Waals surface area contributed by atoms with Crippen molar-refractivity contribution >= 4 is 28.6 Å². The maximum absolute atomic E-state index is 14.0. The normalized spacial score (nSPS) is 14.9. The van der Waals surface area contributed by atoms with Crippen LogP contribution in [-0.4, -0.2) is 22.9 Å². The van der Waals surface area contributed by atoms with E-state index in [1.165, 1.54) is 17.4 Å². The monoisotopic (exact) mass is 453 g/mol. The first-order valence-electron chi connectivity index (χ1n) is 10.1.